The fraction of sp³-hybridized carbons (Fsp3) is 0.130. The molecule has 1 aliphatic rings. The van der Waals surface area contributed by atoms with E-state index in [1.807, 2.05) is 0 Å². The number of nitrogens with one attached hydrogen (secondary N) is 2. The maximum Gasteiger partial charge on any atom is 0.329 e. The topological polar surface area (TPSA) is 130 Å². The monoisotopic (exact) mass is 448 g/mol. The quantitative estimate of drug-likeness (QED) is 0.376. The first-order chi connectivity index (χ1) is 15.9. The van der Waals surface area contributed by atoms with Crippen LogP contribution in [-0.4, -0.2) is 52.0 Å². The summed E-state index contributed by atoms with van der Waals surface area (Å²) < 4.78 is 6.73. The van der Waals surface area contributed by atoms with Crippen LogP contribution in [-0.2, 0) is 20.9 Å². The van der Waals surface area contributed by atoms with Gasteiger partial charge in [0.2, 0.25) is 5.91 Å². The van der Waals surface area contributed by atoms with Crippen molar-refractivity contribution in [2.24, 2.45) is 0 Å². The Balaban J connectivity index is 1.55. The Bertz CT molecular complexity index is 1310. The van der Waals surface area contributed by atoms with E-state index in [1.54, 1.807) is 59.3 Å². The fourth-order valence-corrected chi connectivity index (χ4v) is 3.62. The second-order valence-corrected chi connectivity index (χ2v) is 7.25. The minimum atomic E-state index is -1.01. The molecule has 0 spiro atoms. The third-order valence-corrected chi connectivity index (χ3v) is 5.07. The highest BCUT2D eigenvalue weighted by Crippen LogP contribution is 2.25. The number of hydrogen-bond acceptors (Lipinski definition) is 5. The number of aliphatic carboxylic acids is 1. The van der Waals surface area contributed by atoms with Crippen LogP contribution in [0.25, 0.3) is 17.0 Å². The van der Waals surface area contributed by atoms with Crippen LogP contribution in [0.2, 0.25) is 0 Å². The summed E-state index contributed by atoms with van der Waals surface area (Å²) in [6.45, 7) is -0.736. The molecule has 0 saturated carbocycles. The summed E-state index contributed by atoms with van der Waals surface area (Å²) >= 11 is 0. The van der Waals surface area contributed by atoms with E-state index in [4.69, 9.17) is 9.84 Å². The van der Waals surface area contributed by atoms with Crippen molar-refractivity contribution in [3.05, 3.63) is 66.0 Å². The number of carbonyl (C=O) groups excluding carboxylic acids is 3. The molecule has 2 aromatic carbocycles. The number of anilines is 1. The van der Waals surface area contributed by atoms with Gasteiger partial charge in [-0.3, -0.25) is 14.4 Å². The SMILES string of the molecule is COc1ccccc1NC(=O)CN1C(=O)N/C(=C/c2cn(CC(=O)O)c3ccccc23)C1=O. The normalized spacial score (nSPS) is 14.6. The van der Waals surface area contributed by atoms with Crippen LogP contribution in [0.5, 0.6) is 5.75 Å². The lowest BCUT2D eigenvalue weighted by Crippen LogP contribution is -2.38. The number of rotatable bonds is 7. The highest BCUT2D eigenvalue weighted by atomic mass is 16.5. The number of ether oxygens (including phenoxy) is 1. The van der Waals surface area contributed by atoms with Gasteiger partial charge >= 0.3 is 12.0 Å². The van der Waals surface area contributed by atoms with Crippen LogP contribution in [0.1, 0.15) is 5.56 Å². The molecule has 168 valence electrons. The number of benzene rings is 2. The fourth-order valence-electron chi connectivity index (χ4n) is 3.62. The molecule has 0 radical (unpaired) electrons. The number of carboxylic acids is 1. The first-order valence-corrected chi connectivity index (χ1v) is 9.94. The van der Waals surface area contributed by atoms with Gasteiger partial charge in [0.15, 0.2) is 0 Å². The lowest BCUT2D eigenvalue weighted by molar-refractivity contribution is -0.137. The lowest BCUT2D eigenvalue weighted by Gasteiger charge is -2.13. The molecule has 4 rings (SSSR count). The number of urea groups is 1. The molecule has 1 aliphatic heterocycles. The Labute approximate surface area is 188 Å². The largest absolute Gasteiger partial charge is 0.495 e. The molecule has 0 aliphatic carbocycles. The average Bonchev–Trinajstić information content (AvgIpc) is 3.26. The van der Waals surface area contributed by atoms with Crippen LogP contribution >= 0.6 is 0 Å². The zero-order chi connectivity index (χ0) is 23.5. The third-order valence-electron chi connectivity index (χ3n) is 5.07. The van der Waals surface area contributed by atoms with Crippen LogP contribution in [0.3, 0.4) is 0 Å². The van der Waals surface area contributed by atoms with Gasteiger partial charge in [-0.25, -0.2) is 9.69 Å². The number of methoxy groups -OCH3 is 1. The highest BCUT2D eigenvalue weighted by molar-refractivity contribution is 6.16. The Morgan fingerprint density at radius 2 is 1.82 bits per heavy atom. The summed E-state index contributed by atoms with van der Waals surface area (Å²) in [5, 5.41) is 15.0. The first-order valence-electron chi connectivity index (χ1n) is 9.94. The average molecular weight is 448 g/mol. The van der Waals surface area contributed by atoms with Crippen LogP contribution in [0.4, 0.5) is 10.5 Å². The molecule has 0 atom stereocenters. The zero-order valence-electron chi connectivity index (χ0n) is 17.6. The number of para-hydroxylation sites is 3. The number of amides is 4. The van der Waals surface area contributed by atoms with Crippen molar-refractivity contribution in [1.29, 1.82) is 0 Å². The van der Waals surface area contributed by atoms with Gasteiger partial charge in [0.1, 0.15) is 24.5 Å². The second kappa shape index (κ2) is 8.87. The molecule has 3 N–H and O–H groups in total. The molecule has 2 heterocycles. The lowest BCUT2D eigenvalue weighted by atomic mass is 10.1. The molecule has 10 nitrogen and oxygen atoms in total. The van der Waals surface area contributed by atoms with E-state index in [-0.39, 0.29) is 12.2 Å². The molecule has 1 saturated heterocycles. The van der Waals surface area contributed by atoms with Gasteiger partial charge in [0, 0.05) is 22.7 Å². The Hall–Kier alpha value is -4.60. The van der Waals surface area contributed by atoms with E-state index in [1.165, 1.54) is 13.2 Å². The van der Waals surface area contributed by atoms with E-state index < -0.39 is 30.4 Å². The number of fused-ring (bicyclic) bond motifs is 1. The van der Waals surface area contributed by atoms with E-state index in [2.05, 4.69) is 10.6 Å². The maximum atomic E-state index is 12.8. The molecule has 3 aromatic rings. The molecule has 33 heavy (non-hydrogen) atoms. The number of imide groups is 1. The summed E-state index contributed by atoms with van der Waals surface area (Å²) in [7, 11) is 1.47. The van der Waals surface area contributed by atoms with Crippen LogP contribution in [0, 0.1) is 0 Å². The van der Waals surface area contributed by atoms with Crippen molar-refractivity contribution in [2.45, 2.75) is 6.54 Å². The number of aromatic nitrogens is 1. The van der Waals surface area contributed by atoms with E-state index >= 15 is 0 Å². The van der Waals surface area contributed by atoms with Gasteiger partial charge in [-0.2, -0.15) is 0 Å². The summed E-state index contributed by atoms with van der Waals surface area (Å²) in [6, 6.07) is 13.2. The molecule has 10 heteroatoms. The smallest absolute Gasteiger partial charge is 0.329 e. The van der Waals surface area contributed by atoms with Gasteiger partial charge in [0.05, 0.1) is 12.8 Å². The van der Waals surface area contributed by atoms with E-state index in [9.17, 15) is 19.2 Å². The molecule has 0 bridgehead atoms. The van der Waals surface area contributed by atoms with Crippen LogP contribution < -0.4 is 15.4 Å². The predicted molar refractivity (Wildman–Crippen MR) is 119 cm³/mol. The standard InChI is InChI=1S/C23H20N4O6/c1-33-19-9-5-3-7-16(19)24-20(28)12-27-22(31)17(25-23(27)32)10-14-11-26(13-21(29)30)18-8-4-2-6-15(14)18/h2-11H,12-13H2,1H3,(H,24,28)(H,25,32)(H,29,30)/b17-10+. The van der Waals surface area contributed by atoms with Gasteiger partial charge in [-0.15, -0.1) is 0 Å². The Morgan fingerprint density at radius 1 is 1.09 bits per heavy atom. The van der Waals surface area contributed by atoms with Gasteiger partial charge in [-0.1, -0.05) is 30.3 Å². The first kappa shape index (κ1) is 21.6. The molecular formula is C23H20N4O6. The van der Waals surface area contributed by atoms with Gasteiger partial charge in [-0.05, 0) is 24.3 Å². The predicted octanol–water partition coefficient (Wildman–Crippen LogP) is 2.27. The number of hydrogen-bond donors (Lipinski definition) is 3. The van der Waals surface area contributed by atoms with Crippen molar-refractivity contribution < 1.29 is 29.0 Å². The molecule has 1 aromatic heterocycles. The minimum Gasteiger partial charge on any atom is -0.495 e. The zero-order valence-corrected chi connectivity index (χ0v) is 17.6. The number of carboxylic acid groups (broad SMARTS) is 1. The Kier molecular flexibility index (Phi) is 5.81. The summed E-state index contributed by atoms with van der Waals surface area (Å²) in [5.41, 5.74) is 1.65. The van der Waals surface area contributed by atoms with Gasteiger partial charge in [0.25, 0.3) is 5.91 Å². The minimum absolute atomic E-state index is 0.0108. The summed E-state index contributed by atoms with van der Waals surface area (Å²) in [5.74, 6) is -1.79. The molecule has 1 fully saturated rings. The summed E-state index contributed by atoms with van der Waals surface area (Å²) in [4.78, 5) is 49.6. The van der Waals surface area contributed by atoms with Crippen LogP contribution in [0.15, 0.2) is 60.4 Å². The van der Waals surface area contributed by atoms with Crippen molar-refractivity contribution in [2.75, 3.05) is 19.0 Å². The molecule has 0 unspecified atom stereocenters. The van der Waals surface area contributed by atoms with Crippen molar-refractivity contribution in [3.63, 3.8) is 0 Å². The second-order valence-electron chi connectivity index (χ2n) is 7.25. The number of nitrogens with zero attached hydrogens (tertiary/aromatic N) is 2. The molecule has 4 amide bonds. The van der Waals surface area contributed by atoms with E-state index in [0.717, 1.165) is 10.3 Å². The van der Waals surface area contributed by atoms with E-state index in [0.29, 0.717) is 22.5 Å². The third kappa shape index (κ3) is 4.40. The Morgan fingerprint density at radius 3 is 2.58 bits per heavy atom. The maximum absolute atomic E-state index is 12.8. The highest BCUT2D eigenvalue weighted by Gasteiger charge is 2.35. The van der Waals surface area contributed by atoms with Crippen molar-refractivity contribution in [1.82, 2.24) is 14.8 Å². The van der Waals surface area contributed by atoms with Gasteiger partial charge < -0.3 is 25.0 Å². The molecular weight excluding hydrogens is 428 g/mol. The van der Waals surface area contributed by atoms with Crippen molar-refractivity contribution >= 4 is 46.5 Å². The number of carbonyl (C=O) groups is 4. The summed E-state index contributed by atoms with van der Waals surface area (Å²) in [6.07, 6.45) is 3.07. The van der Waals surface area contributed by atoms with Crippen molar-refractivity contribution in [3.8, 4) is 5.75 Å².